The van der Waals surface area contributed by atoms with Crippen LogP contribution in [0.2, 0.25) is 0 Å². The number of nitrogens with zero attached hydrogens (tertiary/aromatic N) is 1. The van der Waals surface area contributed by atoms with Gasteiger partial charge < -0.3 is 10.1 Å². The van der Waals surface area contributed by atoms with Gasteiger partial charge >= 0.3 is 0 Å². The SMILES string of the molecule is CC[C@@H](NC(=O)CN(c1ccccc1C)S(C)(=O)=O)c1ccc(OC)cc1. The summed E-state index contributed by atoms with van der Waals surface area (Å²) in [6.07, 6.45) is 1.79. The number of hydrogen-bond donors (Lipinski definition) is 1. The third kappa shape index (κ3) is 5.47. The van der Waals surface area contributed by atoms with Crippen LogP contribution in [0.4, 0.5) is 5.69 Å². The van der Waals surface area contributed by atoms with Gasteiger partial charge in [0.1, 0.15) is 12.3 Å². The van der Waals surface area contributed by atoms with Gasteiger partial charge in [0.15, 0.2) is 0 Å². The molecule has 0 aliphatic rings. The molecule has 1 N–H and O–H groups in total. The van der Waals surface area contributed by atoms with E-state index in [9.17, 15) is 13.2 Å². The molecule has 0 unspecified atom stereocenters. The average molecular weight is 391 g/mol. The number of para-hydroxylation sites is 1. The van der Waals surface area contributed by atoms with Crippen LogP contribution in [0.15, 0.2) is 48.5 Å². The highest BCUT2D eigenvalue weighted by molar-refractivity contribution is 7.92. The standard InChI is InChI=1S/C20H26N2O4S/c1-5-18(16-10-12-17(26-3)13-11-16)21-20(23)14-22(27(4,24)25)19-9-7-6-8-15(19)2/h6-13,18H,5,14H2,1-4H3,(H,21,23)/t18-/m1/s1. The molecule has 2 aromatic carbocycles. The van der Waals surface area contributed by atoms with Crippen molar-refractivity contribution in [3.05, 3.63) is 59.7 Å². The predicted molar refractivity (Wildman–Crippen MR) is 108 cm³/mol. The van der Waals surface area contributed by atoms with E-state index >= 15 is 0 Å². The maximum absolute atomic E-state index is 12.6. The molecule has 146 valence electrons. The number of hydrogen-bond acceptors (Lipinski definition) is 4. The van der Waals surface area contributed by atoms with Crippen LogP contribution in [0.1, 0.15) is 30.5 Å². The van der Waals surface area contributed by atoms with Crippen molar-refractivity contribution in [2.24, 2.45) is 0 Å². The number of anilines is 1. The van der Waals surface area contributed by atoms with E-state index in [2.05, 4.69) is 5.32 Å². The summed E-state index contributed by atoms with van der Waals surface area (Å²) in [6.45, 7) is 3.51. The van der Waals surface area contributed by atoms with E-state index in [1.54, 1.807) is 19.2 Å². The second-order valence-electron chi connectivity index (χ2n) is 6.36. The van der Waals surface area contributed by atoms with Crippen molar-refractivity contribution >= 4 is 21.6 Å². The van der Waals surface area contributed by atoms with Crippen molar-refractivity contribution in [1.29, 1.82) is 0 Å². The van der Waals surface area contributed by atoms with E-state index < -0.39 is 10.0 Å². The number of ether oxygens (including phenoxy) is 1. The third-order valence-electron chi connectivity index (χ3n) is 4.33. The van der Waals surface area contributed by atoms with Gasteiger partial charge in [-0.25, -0.2) is 8.42 Å². The van der Waals surface area contributed by atoms with Crippen molar-refractivity contribution in [2.45, 2.75) is 26.3 Å². The lowest BCUT2D eigenvalue weighted by atomic mass is 10.0. The van der Waals surface area contributed by atoms with Gasteiger partial charge in [0, 0.05) is 0 Å². The van der Waals surface area contributed by atoms with Crippen LogP contribution >= 0.6 is 0 Å². The molecule has 0 bridgehead atoms. The normalized spacial score (nSPS) is 12.3. The fourth-order valence-corrected chi connectivity index (χ4v) is 3.77. The number of aryl methyl sites for hydroxylation is 1. The number of amides is 1. The van der Waals surface area contributed by atoms with E-state index in [-0.39, 0.29) is 18.5 Å². The zero-order chi connectivity index (χ0) is 20.0. The number of carbonyl (C=O) groups excluding carboxylic acids is 1. The minimum atomic E-state index is -3.60. The highest BCUT2D eigenvalue weighted by atomic mass is 32.2. The van der Waals surface area contributed by atoms with E-state index in [0.29, 0.717) is 12.1 Å². The number of nitrogens with one attached hydrogen (secondary N) is 1. The molecule has 1 atom stereocenters. The van der Waals surface area contributed by atoms with Gasteiger partial charge in [0.05, 0.1) is 25.1 Å². The molecule has 0 heterocycles. The Kier molecular flexibility index (Phi) is 6.85. The lowest BCUT2D eigenvalue weighted by molar-refractivity contribution is -0.120. The summed E-state index contributed by atoms with van der Waals surface area (Å²) in [5, 5.41) is 2.93. The van der Waals surface area contributed by atoms with Gasteiger partial charge in [-0.05, 0) is 42.7 Å². The Bertz CT molecular complexity index is 879. The van der Waals surface area contributed by atoms with E-state index in [4.69, 9.17) is 4.74 Å². The van der Waals surface area contributed by atoms with Crippen molar-refractivity contribution in [3.8, 4) is 5.75 Å². The Morgan fingerprint density at radius 2 is 1.78 bits per heavy atom. The summed E-state index contributed by atoms with van der Waals surface area (Å²) in [7, 11) is -2.00. The lowest BCUT2D eigenvalue weighted by Gasteiger charge is -2.25. The van der Waals surface area contributed by atoms with Crippen molar-refractivity contribution < 1.29 is 17.9 Å². The Morgan fingerprint density at radius 3 is 2.30 bits per heavy atom. The molecule has 27 heavy (non-hydrogen) atoms. The Morgan fingerprint density at radius 1 is 1.15 bits per heavy atom. The van der Waals surface area contributed by atoms with Gasteiger partial charge in [-0.2, -0.15) is 0 Å². The van der Waals surface area contributed by atoms with Gasteiger partial charge in [-0.1, -0.05) is 37.3 Å². The first kappa shape index (κ1) is 20.8. The monoisotopic (exact) mass is 390 g/mol. The molecule has 6 nitrogen and oxygen atoms in total. The molecule has 0 saturated heterocycles. The minimum absolute atomic E-state index is 0.207. The van der Waals surface area contributed by atoms with Gasteiger partial charge in [-0.15, -0.1) is 0 Å². The number of benzene rings is 2. The summed E-state index contributed by atoms with van der Waals surface area (Å²) >= 11 is 0. The van der Waals surface area contributed by atoms with Crippen molar-refractivity contribution in [2.75, 3.05) is 24.2 Å². The van der Waals surface area contributed by atoms with Crippen LogP contribution in [-0.2, 0) is 14.8 Å². The quantitative estimate of drug-likeness (QED) is 0.752. The van der Waals surface area contributed by atoms with Crippen LogP contribution < -0.4 is 14.4 Å². The molecular formula is C20H26N2O4S. The van der Waals surface area contributed by atoms with Crippen LogP contribution in [0.25, 0.3) is 0 Å². The third-order valence-corrected chi connectivity index (χ3v) is 5.46. The summed E-state index contributed by atoms with van der Waals surface area (Å²) in [6, 6.07) is 14.3. The molecule has 1 amide bonds. The molecule has 0 spiro atoms. The van der Waals surface area contributed by atoms with Crippen LogP contribution in [0.5, 0.6) is 5.75 Å². The molecule has 7 heteroatoms. The zero-order valence-electron chi connectivity index (χ0n) is 16.1. The van der Waals surface area contributed by atoms with E-state index in [0.717, 1.165) is 27.4 Å². The molecule has 2 aromatic rings. The van der Waals surface area contributed by atoms with E-state index in [1.165, 1.54) is 0 Å². The summed E-state index contributed by atoms with van der Waals surface area (Å²) in [5.41, 5.74) is 2.24. The highest BCUT2D eigenvalue weighted by Gasteiger charge is 2.23. The maximum Gasteiger partial charge on any atom is 0.241 e. The molecule has 0 saturated carbocycles. The summed E-state index contributed by atoms with van der Waals surface area (Å²) in [5.74, 6) is 0.383. The molecule has 0 radical (unpaired) electrons. The molecule has 0 fully saturated rings. The number of rotatable bonds is 8. The minimum Gasteiger partial charge on any atom is -0.497 e. The Labute approximate surface area is 161 Å². The topological polar surface area (TPSA) is 75.7 Å². The Balaban J connectivity index is 2.18. The Hall–Kier alpha value is -2.54. The molecule has 2 rings (SSSR count). The molecular weight excluding hydrogens is 364 g/mol. The smallest absolute Gasteiger partial charge is 0.241 e. The second-order valence-corrected chi connectivity index (χ2v) is 8.26. The van der Waals surface area contributed by atoms with Crippen molar-refractivity contribution in [3.63, 3.8) is 0 Å². The van der Waals surface area contributed by atoms with Crippen molar-refractivity contribution in [1.82, 2.24) is 5.32 Å². The van der Waals surface area contributed by atoms with Gasteiger partial charge in [-0.3, -0.25) is 9.10 Å². The number of sulfonamides is 1. The predicted octanol–water partition coefficient (Wildman–Crippen LogP) is 3.04. The summed E-state index contributed by atoms with van der Waals surface area (Å²) in [4.78, 5) is 12.6. The number of carbonyl (C=O) groups is 1. The largest absolute Gasteiger partial charge is 0.497 e. The average Bonchev–Trinajstić information content (AvgIpc) is 2.64. The summed E-state index contributed by atoms with van der Waals surface area (Å²) < 4.78 is 30.8. The second kappa shape index (κ2) is 8.90. The molecule has 0 aliphatic heterocycles. The first-order valence-electron chi connectivity index (χ1n) is 8.73. The molecule has 0 aliphatic carbocycles. The van der Waals surface area contributed by atoms with Crippen LogP contribution in [0.3, 0.4) is 0 Å². The fourth-order valence-electron chi connectivity index (χ4n) is 2.85. The fraction of sp³-hybridized carbons (Fsp3) is 0.350. The number of methoxy groups -OCH3 is 1. The first-order chi connectivity index (χ1) is 12.8. The first-order valence-corrected chi connectivity index (χ1v) is 10.6. The maximum atomic E-state index is 12.6. The van der Waals surface area contributed by atoms with Gasteiger partial charge in [0.2, 0.25) is 15.9 Å². The highest BCUT2D eigenvalue weighted by Crippen LogP contribution is 2.23. The van der Waals surface area contributed by atoms with Crippen LogP contribution in [0, 0.1) is 6.92 Å². The zero-order valence-corrected chi connectivity index (χ0v) is 16.9. The molecule has 0 aromatic heterocycles. The van der Waals surface area contributed by atoms with E-state index in [1.807, 2.05) is 50.2 Å². The lowest BCUT2D eigenvalue weighted by Crippen LogP contribution is -2.41. The van der Waals surface area contributed by atoms with Crippen LogP contribution in [-0.4, -0.2) is 34.2 Å². The van der Waals surface area contributed by atoms with Gasteiger partial charge in [0.25, 0.3) is 0 Å².